The van der Waals surface area contributed by atoms with Crippen LogP contribution in [-0.4, -0.2) is 44.7 Å². The number of nitrogens with zero attached hydrogens (tertiary/aromatic N) is 1. The lowest BCUT2D eigenvalue weighted by Crippen LogP contribution is -2.45. The molecule has 120 valence electrons. The highest BCUT2D eigenvalue weighted by atomic mass is 16.5. The molecule has 0 fully saturated rings. The number of carbonyl (C=O) groups excluding carboxylic acids is 2. The molecule has 1 unspecified atom stereocenters. The quantitative estimate of drug-likeness (QED) is 0.772. The van der Waals surface area contributed by atoms with Crippen molar-refractivity contribution in [1.82, 2.24) is 5.32 Å². The number of rotatable bonds is 7. The summed E-state index contributed by atoms with van der Waals surface area (Å²) in [6.45, 7) is 3.26. The summed E-state index contributed by atoms with van der Waals surface area (Å²) in [7, 11) is 1.63. The second-order valence-electron chi connectivity index (χ2n) is 5.16. The predicted octanol–water partition coefficient (Wildman–Crippen LogP) is 1.34. The highest BCUT2D eigenvalue weighted by Gasteiger charge is 2.31. The fourth-order valence-electron chi connectivity index (χ4n) is 2.34. The van der Waals surface area contributed by atoms with Gasteiger partial charge in [-0.05, 0) is 25.5 Å². The topological polar surface area (TPSA) is 67.9 Å². The fraction of sp³-hybridized carbons (Fsp3) is 0.500. The van der Waals surface area contributed by atoms with Crippen LogP contribution in [0.3, 0.4) is 0 Å². The summed E-state index contributed by atoms with van der Waals surface area (Å²) in [5.74, 6) is 0.488. The Bertz CT molecular complexity index is 533. The number of methoxy groups -OCH3 is 1. The van der Waals surface area contributed by atoms with Gasteiger partial charge < -0.3 is 19.7 Å². The average Bonchev–Trinajstić information content (AvgIpc) is 2.52. The van der Waals surface area contributed by atoms with Crippen LogP contribution >= 0.6 is 0 Å². The van der Waals surface area contributed by atoms with Crippen molar-refractivity contribution in [2.45, 2.75) is 25.9 Å². The normalized spacial score (nSPS) is 16.9. The molecule has 0 radical (unpaired) electrons. The van der Waals surface area contributed by atoms with Gasteiger partial charge in [0.15, 0.2) is 6.10 Å². The second kappa shape index (κ2) is 7.79. The molecule has 1 N–H and O–H groups in total. The van der Waals surface area contributed by atoms with E-state index >= 15 is 0 Å². The molecule has 0 aliphatic carbocycles. The third-order valence-corrected chi connectivity index (χ3v) is 3.48. The summed E-state index contributed by atoms with van der Waals surface area (Å²) in [5.41, 5.74) is 0.720. The van der Waals surface area contributed by atoms with E-state index in [1.165, 1.54) is 0 Å². The average molecular weight is 306 g/mol. The van der Waals surface area contributed by atoms with E-state index in [0.29, 0.717) is 25.4 Å². The molecule has 0 aromatic heterocycles. The van der Waals surface area contributed by atoms with E-state index in [1.54, 1.807) is 18.9 Å². The van der Waals surface area contributed by atoms with Crippen molar-refractivity contribution >= 4 is 17.5 Å². The van der Waals surface area contributed by atoms with E-state index in [-0.39, 0.29) is 18.2 Å². The minimum atomic E-state index is -0.528. The maximum atomic E-state index is 12.3. The van der Waals surface area contributed by atoms with Crippen molar-refractivity contribution in [2.24, 2.45) is 0 Å². The summed E-state index contributed by atoms with van der Waals surface area (Å²) in [5, 5.41) is 2.82. The molecule has 22 heavy (non-hydrogen) atoms. The van der Waals surface area contributed by atoms with E-state index in [4.69, 9.17) is 9.47 Å². The Morgan fingerprint density at radius 2 is 2.18 bits per heavy atom. The number of nitrogens with one attached hydrogen (secondary N) is 1. The molecule has 0 saturated carbocycles. The SMILES string of the molecule is COCCCNC(=O)CCN1C(=O)C(C)Oc2ccccc21. The Balaban J connectivity index is 1.91. The Morgan fingerprint density at radius 1 is 1.41 bits per heavy atom. The lowest BCUT2D eigenvalue weighted by atomic mass is 10.1. The van der Waals surface area contributed by atoms with Gasteiger partial charge in [-0.2, -0.15) is 0 Å². The van der Waals surface area contributed by atoms with Gasteiger partial charge in [0.2, 0.25) is 5.91 Å². The summed E-state index contributed by atoms with van der Waals surface area (Å²) in [6.07, 6.45) is 0.512. The zero-order valence-electron chi connectivity index (χ0n) is 13.0. The molecule has 6 nitrogen and oxygen atoms in total. The molecular weight excluding hydrogens is 284 g/mol. The molecule has 1 aromatic carbocycles. The van der Waals surface area contributed by atoms with Crippen molar-refractivity contribution < 1.29 is 19.1 Å². The highest BCUT2D eigenvalue weighted by Crippen LogP contribution is 2.33. The van der Waals surface area contributed by atoms with Gasteiger partial charge >= 0.3 is 0 Å². The fourth-order valence-corrected chi connectivity index (χ4v) is 2.34. The largest absolute Gasteiger partial charge is 0.479 e. The Morgan fingerprint density at radius 3 is 2.95 bits per heavy atom. The van der Waals surface area contributed by atoms with Gasteiger partial charge in [0.05, 0.1) is 5.69 Å². The van der Waals surface area contributed by atoms with Gasteiger partial charge in [-0.25, -0.2) is 0 Å². The van der Waals surface area contributed by atoms with Gasteiger partial charge in [-0.3, -0.25) is 9.59 Å². The maximum Gasteiger partial charge on any atom is 0.267 e. The second-order valence-corrected chi connectivity index (χ2v) is 5.16. The smallest absolute Gasteiger partial charge is 0.267 e. The first-order chi connectivity index (χ1) is 10.6. The molecule has 1 aliphatic rings. The number of anilines is 1. The Kier molecular flexibility index (Phi) is 5.77. The van der Waals surface area contributed by atoms with E-state index in [9.17, 15) is 9.59 Å². The third-order valence-electron chi connectivity index (χ3n) is 3.48. The lowest BCUT2D eigenvalue weighted by Gasteiger charge is -2.32. The first-order valence-electron chi connectivity index (χ1n) is 7.46. The molecule has 1 atom stereocenters. The van der Waals surface area contributed by atoms with E-state index in [1.807, 2.05) is 24.3 Å². The van der Waals surface area contributed by atoms with E-state index in [0.717, 1.165) is 12.1 Å². The van der Waals surface area contributed by atoms with E-state index < -0.39 is 6.10 Å². The van der Waals surface area contributed by atoms with Crippen LogP contribution in [0.2, 0.25) is 0 Å². The van der Waals surface area contributed by atoms with Crippen LogP contribution in [0.15, 0.2) is 24.3 Å². The first kappa shape index (κ1) is 16.3. The van der Waals surface area contributed by atoms with Gasteiger partial charge in [0.1, 0.15) is 5.75 Å². The molecule has 0 bridgehead atoms. The van der Waals surface area contributed by atoms with Crippen molar-refractivity contribution in [1.29, 1.82) is 0 Å². The number of hydrogen-bond donors (Lipinski definition) is 1. The highest BCUT2D eigenvalue weighted by molar-refractivity contribution is 6.00. The molecule has 2 rings (SSSR count). The number of carbonyl (C=O) groups is 2. The van der Waals surface area contributed by atoms with Crippen LogP contribution in [-0.2, 0) is 14.3 Å². The van der Waals surface area contributed by atoms with Crippen molar-refractivity contribution in [3.8, 4) is 5.75 Å². The van der Waals surface area contributed by atoms with Gasteiger partial charge in [0, 0.05) is 33.2 Å². The van der Waals surface area contributed by atoms with Gasteiger partial charge in [-0.15, -0.1) is 0 Å². The van der Waals surface area contributed by atoms with Crippen LogP contribution in [0, 0.1) is 0 Å². The number of fused-ring (bicyclic) bond motifs is 1. The first-order valence-corrected chi connectivity index (χ1v) is 7.46. The Hall–Kier alpha value is -2.08. The van der Waals surface area contributed by atoms with Crippen molar-refractivity contribution in [3.05, 3.63) is 24.3 Å². The summed E-state index contributed by atoms with van der Waals surface area (Å²) >= 11 is 0. The standard InChI is InChI=1S/C16H22N2O4/c1-12-16(20)18(13-6-3-4-7-14(13)22-12)10-8-15(19)17-9-5-11-21-2/h3-4,6-7,12H,5,8-11H2,1-2H3,(H,17,19). The van der Waals surface area contributed by atoms with Crippen LogP contribution in [0.1, 0.15) is 19.8 Å². The predicted molar refractivity (Wildman–Crippen MR) is 83.0 cm³/mol. The minimum Gasteiger partial charge on any atom is -0.479 e. The number of para-hydroxylation sites is 2. The number of benzene rings is 1. The molecule has 1 heterocycles. The minimum absolute atomic E-state index is 0.0690. The van der Waals surface area contributed by atoms with Crippen LogP contribution < -0.4 is 15.0 Å². The number of hydrogen-bond acceptors (Lipinski definition) is 4. The zero-order chi connectivity index (χ0) is 15.9. The third kappa shape index (κ3) is 3.98. The van der Waals surface area contributed by atoms with Crippen LogP contribution in [0.25, 0.3) is 0 Å². The van der Waals surface area contributed by atoms with Gasteiger partial charge in [-0.1, -0.05) is 12.1 Å². The molecule has 6 heteroatoms. The number of amides is 2. The van der Waals surface area contributed by atoms with Gasteiger partial charge in [0.25, 0.3) is 5.91 Å². The molecular formula is C16H22N2O4. The van der Waals surface area contributed by atoms with Crippen molar-refractivity contribution in [3.63, 3.8) is 0 Å². The van der Waals surface area contributed by atoms with Crippen LogP contribution in [0.5, 0.6) is 5.75 Å². The zero-order valence-corrected chi connectivity index (χ0v) is 13.0. The monoisotopic (exact) mass is 306 g/mol. The molecule has 0 saturated heterocycles. The number of ether oxygens (including phenoxy) is 2. The van der Waals surface area contributed by atoms with Crippen molar-refractivity contribution in [2.75, 3.05) is 31.7 Å². The van der Waals surface area contributed by atoms with E-state index in [2.05, 4.69) is 5.32 Å². The molecule has 1 aromatic rings. The molecule has 2 amide bonds. The van der Waals surface area contributed by atoms with Crippen LogP contribution in [0.4, 0.5) is 5.69 Å². The summed E-state index contributed by atoms with van der Waals surface area (Å²) < 4.78 is 10.5. The Labute approximate surface area is 130 Å². The maximum absolute atomic E-state index is 12.3. The molecule has 1 aliphatic heterocycles. The molecule has 0 spiro atoms. The summed E-state index contributed by atoms with van der Waals surface area (Å²) in [6, 6.07) is 7.37. The lowest BCUT2D eigenvalue weighted by molar-refractivity contribution is -0.125. The summed E-state index contributed by atoms with van der Waals surface area (Å²) in [4.78, 5) is 25.7.